The summed E-state index contributed by atoms with van der Waals surface area (Å²) in [5.41, 5.74) is 2.65. The Morgan fingerprint density at radius 2 is 1.84 bits per heavy atom. The molecule has 1 N–H and O–H groups in total. The lowest BCUT2D eigenvalue weighted by Gasteiger charge is -2.14. The molecule has 128 valence electrons. The van der Waals surface area contributed by atoms with Crippen molar-refractivity contribution in [2.75, 3.05) is 0 Å². The van der Waals surface area contributed by atoms with E-state index in [0.717, 1.165) is 35.3 Å². The lowest BCUT2D eigenvalue weighted by atomic mass is 10.2. The zero-order valence-corrected chi connectivity index (χ0v) is 14.7. The summed E-state index contributed by atoms with van der Waals surface area (Å²) in [5, 5.41) is 3.79. The van der Waals surface area contributed by atoms with Crippen LogP contribution in [0.3, 0.4) is 0 Å². The number of carbonyl (C=O) groups excluding carboxylic acids is 1. The van der Waals surface area contributed by atoms with Crippen molar-refractivity contribution in [1.82, 2.24) is 14.9 Å². The highest BCUT2D eigenvalue weighted by Gasteiger charge is 2.20. The average Bonchev–Trinajstić information content (AvgIpc) is 3.24. The van der Waals surface area contributed by atoms with E-state index in [1.807, 2.05) is 53.1 Å². The number of carbonyl (C=O) groups is 1. The molecule has 4 rings (SSSR count). The van der Waals surface area contributed by atoms with Crippen LogP contribution in [0.2, 0.25) is 5.02 Å². The molecule has 0 bridgehead atoms. The Hall–Kier alpha value is -2.33. The molecule has 1 aliphatic rings. The number of benzene rings is 2. The fourth-order valence-electron chi connectivity index (χ4n) is 3.57. The minimum Gasteiger partial charge on any atom is -0.352 e. The third-order valence-electron chi connectivity index (χ3n) is 4.79. The molecule has 1 heterocycles. The molecule has 0 spiro atoms. The predicted molar refractivity (Wildman–Crippen MR) is 101 cm³/mol. The van der Waals surface area contributed by atoms with Crippen molar-refractivity contribution in [3.8, 4) is 11.4 Å². The van der Waals surface area contributed by atoms with Gasteiger partial charge in [-0.05, 0) is 37.1 Å². The first-order valence-electron chi connectivity index (χ1n) is 8.72. The van der Waals surface area contributed by atoms with Crippen molar-refractivity contribution in [3.05, 3.63) is 53.6 Å². The molecule has 5 heteroatoms. The number of aromatic nitrogens is 2. The number of para-hydroxylation sites is 2. The molecule has 4 nitrogen and oxygen atoms in total. The smallest absolute Gasteiger partial charge is 0.240 e. The molecule has 1 aromatic heterocycles. The normalized spacial score (nSPS) is 14.9. The number of imidazole rings is 1. The minimum absolute atomic E-state index is 0.0309. The maximum Gasteiger partial charge on any atom is 0.240 e. The van der Waals surface area contributed by atoms with Gasteiger partial charge < -0.3 is 9.88 Å². The Balaban J connectivity index is 1.72. The summed E-state index contributed by atoms with van der Waals surface area (Å²) in [4.78, 5) is 17.3. The van der Waals surface area contributed by atoms with Crippen LogP contribution in [0.5, 0.6) is 0 Å². The molecule has 2 aromatic carbocycles. The van der Waals surface area contributed by atoms with Gasteiger partial charge in [0, 0.05) is 11.6 Å². The van der Waals surface area contributed by atoms with E-state index in [4.69, 9.17) is 16.6 Å². The van der Waals surface area contributed by atoms with Crippen LogP contribution >= 0.6 is 11.6 Å². The number of hydrogen-bond acceptors (Lipinski definition) is 2. The fourth-order valence-corrected chi connectivity index (χ4v) is 3.79. The molecule has 0 radical (unpaired) electrons. The summed E-state index contributed by atoms with van der Waals surface area (Å²) in [6, 6.07) is 15.8. The van der Waals surface area contributed by atoms with Crippen molar-refractivity contribution in [2.24, 2.45) is 0 Å². The van der Waals surface area contributed by atoms with Gasteiger partial charge in [0.1, 0.15) is 12.4 Å². The van der Waals surface area contributed by atoms with Gasteiger partial charge in [-0.15, -0.1) is 0 Å². The summed E-state index contributed by atoms with van der Waals surface area (Å²) in [6.45, 7) is 0.248. The van der Waals surface area contributed by atoms with Gasteiger partial charge >= 0.3 is 0 Å². The fraction of sp³-hybridized carbons (Fsp3) is 0.300. The molecule has 0 atom stereocenters. The first-order valence-corrected chi connectivity index (χ1v) is 9.10. The number of rotatable bonds is 4. The highest BCUT2D eigenvalue weighted by Crippen LogP contribution is 2.30. The SMILES string of the molecule is O=C(Cn1c(-c2ccccc2Cl)nc2ccccc21)NC1CCCC1. The number of fused-ring (bicyclic) bond motifs is 1. The standard InChI is InChI=1S/C20H20ClN3O/c21-16-10-4-3-9-15(16)20-23-17-11-5-6-12-18(17)24(20)13-19(25)22-14-7-1-2-8-14/h3-6,9-12,14H,1-2,7-8,13H2,(H,22,25). The van der Waals surface area contributed by atoms with Gasteiger partial charge in [0.2, 0.25) is 5.91 Å². The monoisotopic (exact) mass is 353 g/mol. The van der Waals surface area contributed by atoms with Crippen LogP contribution in [0.1, 0.15) is 25.7 Å². The Morgan fingerprint density at radius 1 is 1.12 bits per heavy atom. The van der Waals surface area contributed by atoms with Gasteiger partial charge in [0.25, 0.3) is 0 Å². The number of hydrogen-bond donors (Lipinski definition) is 1. The molecule has 0 unspecified atom stereocenters. The third-order valence-corrected chi connectivity index (χ3v) is 5.12. The highest BCUT2D eigenvalue weighted by atomic mass is 35.5. The van der Waals surface area contributed by atoms with Gasteiger partial charge in [0.05, 0.1) is 16.1 Å². The Kier molecular flexibility index (Phi) is 4.45. The zero-order valence-electron chi connectivity index (χ0n) is 13.9. The van der Waals surface area contributed by atoms with E-state index < -0.39 is 0 Å². The predicted octanol–water partition coefficient (Wildman–Crippen LogP) is 4.42. The third kappa shape index (κ3) is 3.27. The molecule has 1 fully saturated rings. The summed E-state index contributed by atoms with van der Waals surface area (Å²) in [5.74, 6) is 0.761. The van der Waals surface area contributed by atoms with E-state index in [0.29, 0.717) is 11.1 Å². The van der Waals surface area contributed by atoms with E-state index in [-0.39, 0.29) is 12.5 Å². The Labute approximate surface area is 151 Å². The van der Waals surface area contributed by atoms with Gasteiger partial charge in [-0.25, -0.2) is 4.98 Å². The van der Waals surface area contributed by atoms with E-state index in [1.165, 1.54) is 12.8 Å². The van der Waals surface area contributed by atoms with Crippen LogP contribution in [-0.4, -0.2) is 21.5 Å². The second kappa shape index (κ2) is 6.89. The number of halogens is 1. The molecule has 1 amide bonds. The van der Waals surface area contributed by atoms with Gasteiger partial charge in [-0.3, -0.25) is 4.79 Å². The summed E-state index contributed by atoms with van der Waals surface area (Å²) in [7, 11) is 0. The Bertz CT molecular complexity index is 912. The van der Waals surface area contributed by atoms with E-state index >= 15 is 0 Å². The van der Waals surface area contributed by atoms with Crippen molar-refractivity contribution < 1.29 is 4.79 Å². The van der Waals surface area contributed by atoms with Crippen LogP contribution in [0, 0.1) is 0 Å². The molecule has 3 aromatic rings. The Morgan fingerprint density at radius 3 is 2.64 bits per heavy atom. The topological polar surface area (TPSA) is 46.9 Å². The number of amides is 1. The molecular formula is C20H20ClN3O. The van der Waals surface area contributed by atoms with E-state index in [2.05, 4.69) is 5.32 Å². The van der Waals surface area contributed by atoms with Gasteiger partial charge in [-0.2, -0.15) is 0 Å². The highest BCUT2D eigenvalue weighted by molar-refractivity contribution is 6.33. The molecule has 1 saturated carbocycles. The largest absolute Gasteiger partial charge is 0.352 e. The maximum absolute atomic E-state index is 12.6. The molecule has 1 aliphatic carbocycles. The van der Waals surface area contributed by atoms with Crippen molar-refractivity contribution in [3.63, 3.8) is 0 Å². The quantitative estimate of drug-likeness (QED) is 0.754. The van der Waals surface area contributed by atoms with Gasteiger partial charge in [-0.1, -0.05) is 48.7 Å². The van der Waals surface area contributed by atoms with E-state index in [1.54, 1.807) is 0 Å². The van der Waals surface area contributed by atoms with Crippen LogP contribution in [-0.2, 0) is 11.3 Å². The summed E-state index contributed by atoms with van der Waals surface area (Å²) >= 11 is 6.38. The lowest BCUT2D eigenvalue weighted by molar-refractivity contribution is -0.122. The molecule has 0 saturated heterocycles. The summed E-state index contributed by atoms with van der Waals surface area (Å²) < 4.78 is 1.96. The first-order chi connectivity index (χ1) is 12.2. The van der Waals surface area contributed by atoms with Crippen LogP contribution in [0.25, 0.3) is 22.4 Å². The average molecular weight is 354 g/mol. The molecule has 25 heavy (non-hydrogen) atoms. The van der Waals surface area contributed by atoms with Crippen LogP contribution in [0.4, 0.5) is 0 Å². The van der Waals surface area contributed by atoms with Crippen molar-refractivity contribution >= 4 is 28.5 Å². The van der Waals surface area contributed by atoms with E-state index in [9.17, 15) is 4.79 Å². The molecular weight excluding hydrogens is 334 g/mol. The first kappa shape index (κ1) is 16.2. The van der Waals surface area contributed by atoms with Crippen LogP contribution in [0.15, 0.2) is 48.5 Å². The lowest BCUT2D eigenvalue weighted by Crippen LogP contribution is -2.35. The second-order valence-electron chi connectivity index (χ2n) is 6.54. The van der Waals surface area contributed by atoms with Crippen molar-refractivity contribution in [2.45, 2.75) is 38.3 Å². The van der Waals surface area contributed by atoms with Crippen LogP contribution < -0.4 is 5.32 Å². The maximum atomic E-state index is 12.6. The van der Waals surface area contributed by atoms with Gasteiger partial charge in [0.15, 0.2) is 0 Å². The minimum atomic E-state index is 0.0309. The van der Waals surface area contributed by atoms with Crippen molar-refractivity contribution in [1.29, 1.82) is 0 Å². The molecule has 0 aliphatic heterocycles. The second-order valence-corrected chi connectivity index (χ2v) is 6.95. The zero-order chi connectivity index (χ0) is 17.2. The summed E-state index contributed by atoms with van der Waals surface area (Å²) in [6.07, 6.45) is 4.55. The number of nitrogens with one attached hydrogen (secondary N) is 1. The number of nitrogens with zero attached hydrogens (tertiary/aromatic N) is 2.